The Morgan fingerprint density at radius 2 is 2.08 bits per heavy atom. The highest BCUT2D eigenvalue weighted by Gasteiger charge is 2.20. The summed E-state index contributed by atoms with van der Waals surface area (Å²) in [6, 6.07) is 4.13. The third-order valence-corrected chi connectivity index (χ3v) is 5.58. The fraction of sp³-hybridized carbons (Fsp3) is 0.471. The van der Waals surface area contributed by atoms with Crippen LogP contribution in [-0.2, 0) is 10.0 Å². The van der Waals surface area contributed by atoms with Gasteiger partial charge in [0.05, 0.1) is 11.3 Å². The predicted molar refractivity (Wildman–Crippen MR) is 93.9 cm³/mol. The molecule has 0 unspecified atom stereocenters. The van der Waals surface area contributed by atoms with Crippen molar-refractivity contribution in [3.05, 3.63) is 35.4 Å². The number of carbonyl (C=O) groups is 1. The highest BCUT2D eigenvalue weighted by Crippen LogP contribution is 2.24. The van der Waals surface area contributed by atoms with E-state index in [1.165, 1.54) is 36.6 Å². The van der Waals surface area contributed by atoms with E-state index in [0.717, 1.165) is 19.3 Å². The summed E-state index contributed by atoms with van der Waals surface area (Å²) in [5.41, 5.74) is 1.77. The van der Waals surface area contributed by atoms with Crippen LogP contribution in [0.25, 0.3) is 0 Å². The van der Waals surface area contributed by atoms with Gasteiger partial charge in [-0.1, -0.05) is 18.6 Å². The van der Waals surface area contributed by atoms with Crippen LogP contribution >= 0.6 is 0 Å². The normalized spacial score (nSPS) is 15.0. The third kappa shape index (κ3) is 4.82. The maximum absolute atomic E-state index is 12.3. The monoisotopic (exact) mass is 352 g/mol. The van der Waals surface area contributed by atoms with E-state index in [-0.39, 0.29) is 17.0 Å². The lowest BCUT2D eigenvalue weighted by Gasteiger charge is -2.16. The number of carboxylic acids is 1. The van der Waals surface area contributed by atoms with Crippen LogP contribution in [0.15, 0.2) is 34.7 Å². The second-order valence-corrected chi connectivity index (χ2v) is 7.54. The molecule has 1 aliphatic carbocycles. The number of benzene rings is 1. The van der Waals surface area contributed by atoms with Crippen molar-refractivity contribution < 1.29 is 18.3 Å². The number of hydrogen-bond acceptors (Lipinski definition) is 4. The first-order chi connectivity index (χ1) is 11.4. The molecule has 0 aromatic heterocycles. The zero-order chi connectivity index (χ0) is 17.6. The molecule has 0 radical (unpaired) electrons. The Bertz CT molecular complexity index is 726. The van der Waals surface area contributed by atoms with E-state index in [1.807, 2.05) is 0 Å². The van der Waals surface area contributed by atoms with Gasteiger partial charge < -0.3 is 10.4 Å². The van der Waals surface area contributed by atoms with Crippen molar-refractivity contribution in [3.63, 3.8) is 0 Å². The summed E-state index contributed by atoms with van der Waals surface area (Å²) >= 11 is 0. The standard InChI is InChI=1S/C17H24N2O4S/c1-2-19-24(22,23)16-12-14(17(20)21)8-9-15(16)18-11-10-13-6-4-3-5-7-13/h6,8-9,12,18-19H,2-5,7,10-11H2,1H3,(H,20,21). The molecule has 0 aliphatic heterocycles. The van der Waals surface area contributed by atoms with Gasteiger partial charge in [-0.25, -0.2) is 17.9 Å². The van der Waals surface area contributed by atoms with Crippen molar-refractivity contribution in [2.45, 2.75) is 43.9 Å². The minimum atomic E-state index is -3.74. The Balaban J connectivity index is 2.18. The van der Waals surface area contributed by atoms with Gasteiger partial charge >= 0.3 is 5.97 Å². The molecule has 24 heavy (non-hydrogen) atoms. The zero-order valence-corrected chi connectivity index (χ0v) is 14.7. The predicted octanol–water partition coefficient (Wildman–Crippen LogP) is 2.99. The van der Waals surface area contributed by atoms with Crippen LogP contribution in [0, 0.1) is 0 Å². The molecule has 0 heterocycles. The van der Waals surface area contributed by atoms with E-state index in [0.29, 0.717) is 12.2 Å². The van der Waals surface area contributed by atoms with Gasteiger partial charge in [-0.15, -0.1) is 0 Å². The van der Waals surface area contributed by atoms with Crippen molar-refractivity contribution in [2.24, 2.45) is 0 Å². The number of nitrogens with one attached hydrogen (secondary N) is 2. The van der Waals surface area contributed by atoms with Gasteiger partial charge in [0, 0.05) is 13.1 Å². The van der Waals surface area contributed by atoms with Gasteiger partial charge in [-0.3, -0.25) is 0 Å². The molecule has 3 N–H and O–H groups in total. The topological polar surface area (TPSA) is 95.5 Å². The molecule has 0 spiro atoms. The van der Waals surface area contributed by atoms with Crippen LogP contribution in [0.5, 0.6) is 0 Å². The number of rotatable bonds is 8. The molecule has 6 nitrogen and oxygen atoms in total. The average Bonchev–Trinajstić information content (AvgIpc) is 2.55. The molecular weight excluding hydrogens is 328 g/mol. The molecule has 0 amide bonds. The molecule has 132 valence electrons. The van der Waals surface area contributed by atoms with Crippen molar-refractivity contribution >= 4 is 21.7 Å². The van der Waals surface area contributed by atoms with Crippen molar-refractivity contribution in [1.82, 2.24) is 4.72 Å². The van der Waals surface area contributed by atoms with E-state index < -0.39 is 16.0 Å². The van der Waals surface area contributed by atoms with Crippen LogP contribution in [-0.4, -0.2) is 32.6 Å². The molecule has 1 aliphatic rings. The number of hydrogen-bond donors (Lipinski definition) is 3. The number of sulfonamides is 1. The average molecular weight is 352 g/mol. The van der Waals surface area contributed by atoms with Crippen molar-refractivity contribution in [2.75, 3.05) is 18.4 Å². The highest BCUT2D eigenvalue weighted by atomic mass is 32.2. The Morgan fingerprint density at radius 3 is 2.71 bits per heavy atom. The van der Waals surface area contributed by atoms with Crippen molar-refractivity contribution in [1.29, 1.82) is 0 Å². The summed E-state index contributed by atoms with van der Waals surface area (Å²) in [6.45, 7) is 2.54. The Kier molecular flexibility index (Phi) is 6.39. The Morgan fingerprint density at radius 1 is 1.29 bits per heavy atom. The first kappa shape index (κ1) is 18.5. The van der Waals surface area contributed by atoms with Gasteiger partial charge in [0.25, 0.3) is 0 Å². The largest absolute Gasteiger partial charge is 0.478 e. The second-order valence-electron chi connectivity index (χ2n) is 5.80. The van der Waals surface area contributed by atoms with Crippen LogP contribution in [0.3, 0.4) is 0 Å². The highest BCUT2D eigenvalue weighted by molar-refractivity contribution is 7.89. The zero-order valence-electron chi connectivity index (χ0n) is 13.8. The van der Waals surface area contributed by atoms with Gasteiger partial charge in [0.1, 0.15) is 4.90 Å². The lowest BCUT2D eigenvalue weighted by atomic mass is 9.97. The van der Waals surface area contributed by atoms with E-state index in [9.17, 15) is 13.2 Å². The lowest BCUT2D eigenvalue weighted by Crippen LogP contribution is -2.24. The van der Waals surface area contributed by atoms with Crippen molar-refractivity contribution in [3.8, 4) is 0 Å². The minimum absolute atomic E-state index is 0.0260. The van der Waals surface area contributed by atoms with E-state index >= 15 is 0 Å². The van der Waals surface area contributed by atoms with Gasteiger partial charge in [-0.05, 0) is 50.3 Å². The Hall–Kier alpha value is -1.86. The summed E-state index contributed by atoms with van der Waals surface area (Å²) in [5.74, 6) is -1.15. The van der Waals surface area contributed by atoms with Gasteiger partial charge in [0.15, 0.2) is 0 Å². The summed E-state index contributed by atoms with van der Waals surface area (Å²) < 4.78 is 27.1. The molecular formula is C17H24N2O4S. The molecule has 2 rings (SSSR count). The van der Waals surface area contributed by atoms with Gasteiger partial charge in [0.2, 0.25) is 10.0 Å². The number of allylic oxidation sites excluding steroid dienone is 1. The summed E-state index contributed by atoms with van der Waals surface area (Å²) in [7, 11) is -3.74. The smallest absolute Gasteiger partial charge is 0.335 e. The fourth-order valence-electron chi connectivity index (χ4n) is 2.78. The molecule has 0 atom stereocenters. The van der Waals surface area contributed by atoms with Crippen LogP contribution in [0.4, 0.5) is 5.69 Å². The first-order valence-electron chi connectivity index (χ1n) is 8.23. The van der Waals surface area contributed by atoms with Crippen LogP contribution < -0.4 is 10.0 Å². The molecule has 1 aromatic rings. The maximum atomic E-state index is 12.3. The number of anilines is 1. The van der Waals surface area contributed by atoms with Gasteiger partial charge in [-0.2, -0.15) is 0 Å². The Labute approximate surface area is 143 Å². The van der Waals surface area contributed by atoms with E-state index in [1.54, 1.807) is 6.92 Å². The molecule has 0 bridgehead atoms. The fourth-order valence-corrected chi connectivity index (χ4v) is 4.03. The number of carboxylic acid groups (broad SMARTS) is 1. The summed E-state index contributed by atoms with van der Waals surface area (Å²) in [6.07, 6.45) is 7.78. The molecule has 0 saturated heterocycles. The van der Waals surface area contributed by atoms with Crippen LogP contribution in [0.1, 0.15) is 49.4 Å². The molecule has 1 aromatic carbocycles. The summed E-state index contributed by atoms with van der Waals surface area (Å²) in [4.78, 5) is 11.1. The molecule has 0 fully saturated rings. The summed E-state index contributed by atoms with van der Waals surface area (Å²) in [5, 5.41) is 12.2. The third-order valence-electron chi connectivity index (χ3n) is 4.00. The number of aromatic carboxylic acids is 1. The lowest BCUT2D eigenvalue weighted by molar-refractivity contribution is 0.0696. The van der Waals surface area contributed by atoms with Crippen LogP contribution in [0.2, 0.25) is 0 Å². The minimum Gasteiger partial charge on any atom is -0.478 e. The maximum Gasteiger partial charge on any atom is 0.335 e. The van der Waals surface area contributed by atoms with E-state index in [2.05, 4.69) is 16.1 Å². The quantitative estimate of drug-likeness (QED) is 0.625. The SMILES string of the molecule is CCNS(=O)(=O)c1cc(C(=O)O)ccc1NCCC1=CCCCC1. The second kappa shape index (κ2) is 8.30. The molecule has 7 heteroatoms. The first-order valence-corrected chi connectivity index (χ1v) is 9.71. The van der Waals surface area contributed by atoms with E-state index in [4.69, 9.17) is 5.11 Å². The molecule has 0 saturated carbocycles.